The summed E-state index contributed by atoms with van der Waals surface area (Å²) in [6.45, 7) is 22.5. The maximum atomic E-state index is 15.1. The van der Waals surface area contributed by atoms with Crippen LogP contribution in [0.1, 0.15) is 143 Å². The van der Waals surface area contributed by atoms with E-state index in [0.717, 1.165) is 38.7 Å². The topological polar surface area (TPSA) is 293 Å². The zero-order valence-electron chi connectivity index (χ0n) is 57.1. The van der Waals surface area contributed by atoms with Gasteiger partial charge < -0.3 is 55.4 Å². The van der Waals surface area contributed by atoms with E-state index in [1.54, 1.807) is 65.1 Å². The number of Topliss-reactive ketones (excluding diaryl/α,β-unsaturated/α-hetero) is 1. The average molecular weight is 1300 g/mol. The largest absolute Gasteiger partial charge is 0.464 e. The summed E-state index contributed by atoms with van der Waals surface area (Å²) in [6, 6.07) is 23.2. The van der Waals surface area contributed by atoms with Gasteiger partial charge >= 0.3 is 24.1 Å². The number of hydrogen-bond donors (Lipinski definition) is 5. The maximum absolute atomic E-state index is 15.1. The molecular formula is C72H94N8O14. The van der Waals surface area contributed by atoms with Gasteiger partial charge in [0.05, 0.1) is 25.1 Å². The smallest absolute Gasteiger partial charge is 0.410 e. The van der Waals surface area contributed by atoms with Crippen molar-refractivity contribution in [3.8, 4) is 11.1 Å². The number of fused-ring (bicyclic) bond motifs is 4. The molecule has 5 aromatic rings. The fraction of sp³-hybridized carbons (Fsp3) is 0.472. The third-order valence-electron chi connectivity index (χ3n) is 16.7. The van der Waals surface area contributed by atoms with Crippen molar-refractivity contribution in [2.24, 2.45) is 24.1 Å². The number of rotatable bonds is 28. The number of nitrogens with zero attached hydrogens (tertiary/aromatic N) is 3. The number of aromatic nitrogens is 1. The molecule has 22 nitrogen and oxygen atoms in total. The highest BCUT2D eigenvalue weighted by Crippen LogP contribution is 2.45. The van der Waals surface area contributed by atoms with Crippen LogP contribution < -0.4 is 27.0 Å². The van der Waals surface area contributed by atoms with Gasteiger partial charge in [-0.2, -0.15) is 0 Å². The number of benzene rings is 4. The van der Waals surface area contributed by atoms with E-state index in [1.165, 1.54) is 30.7 Å². The average Bonchev–Trinajstić information content (AvgIpc) is 1.54. The number of esters is 2. The first-order valence-corrected chi connectivity index (χ1v) is 31.7. The van der Waals surface area contributed by atoms with Crippen LogP contribution in [0.4, 0.5) is 9.59 Å². The third-order valence-corrected chi connectivity index (χ3v) is 16.7. The number of primary amides is 1. The minimum absolute atomic E-state index is 0.0125. The van der Waals surface area contributed by atoms with E-state index < -0.39 is 119 Å². The van der Waals surface area contributed by atoms with Gasteiger partial charge in [0, 0.05) is 68.0 Å². The van der Waals surface area contributed by atoms with Crippen LogP contribution in [0.25, 0.3) is 22.0 Å². The number of nitrogens with one attached hydrogen (secondary N) is 4. The molecule has 0 aliphatic heterocycles. The number of ether oxygens (including phenoxy) is 4. The molecule has 1 heterocycles. The van der Waals surface area contributed by atoms with Crippen LogP contribution in [-0.2, 0) is 82.8 Å². The van der Waals surface area contributed by atoms with Crippen molar-refractivity contribution in [2.45, 2.75) is 175 Å². The number of alkyl carbamates (subject to hydrolysis) is 1. The van der Waals surface area contributed by atoms with E-state index in [-0.39, 0.29) is 56.5 Å². The highest BCUT2D eigenvalue weighted by molar-refractivity contribution is 5.98. The lowest BCUT2D eigenvalue weighted by Crippen LogP contribution is -2.63. The highest BCUT2D eigenvalue weighted by Gasteiger charge is 2.47. The molecule has 1 aliphatic rings. The zero-order chi connectivity index (χ0) is 69.7. The second-order valence-corrected chi connectivity index (χ2v) is 27.1. The fourth-order valence-corrected chi connectivity index (χ4v) is 11.7. The number of hydrogen-bond acceptors (Lipinski definition) is 14. The van der Waals surface area contributed by atoms with Gasteiger partial charge in [-0.3, -0.25) is 38.5 Å². The van der Waals surface area contributed by atoms with E-state index in [9.17, 15) is 43.2 Å². The van der Waals surface area contributed by atoms with Crippen LogP contribution >= 0.6 is 0 Å². The predicted molar refractivity (Wildman–Crippen MR) is 356 cm³/mol. The monoisotopic (exact) mass is 1290 g/mol. The quantitative estimate of drug-likeness (QED) is 0.0178. The molecular weight excluding hydrogens is 1200 g/mol. The van der Waals surface area contributed by atoms with E-state index in [0.29, 0.717) is 11.1 Å². The first kappa shape index (κ1) is 73.7. The van der Waals surface area contributed by atoms with Crippen LogP contribution in [0.2, 0.25) is 0 Å². The van der Waals surface area contributed by atoms with Gasteiger partial charge in [0.2, 0.25) is 29.5 Å². The van der Waals surface area contributed by atoms with Crippen molar-refractivity contribution in [3.05, 3.63) is 143 Å². The minimum Gasteiger partial charge on any atom is -0.464 e. The Hall–Kier alpha value is -9.34. The molecule has 0 spiro atoms. The van der Waals surface area contributed by atoms with Gasteiger partial charge in [0.1, 0.15) is 43.0 Å². The van der Waals surface area contributed by atoms with Crippen LogP contribution in [0.3, 0.4) is 0 Å². The van der Waals surface area contributed by atoms with Gasteiger partial charge in [0.25, 0.3) is 0 Å². The highest BCUT2D eigenvalue weighted by atomic mass is 16.6. The number of nitrogens with two attached hydrogens (primary N) is 1. The van der Waals surface area contributed by atoms with E-state index in [1.807, 2.05) is 139 Å². The molecule has 0 unspecified atom stereocenters. The normalized spacial score (nSPS) is 14.4. The van der Waals surface area contributed by atoms with Gasteiger partial charge in [0.15, 0.2) is 5.78 Å². The molecule has 1 aromatic heterocycles. The molecule has 7 amide bonds. The molecule has 6 rings (SSSR count). The third kappa shape index (κ3) is 18.9. The van der Waals surface area contributed by atoms with Gasteiger partial charge in [-0.25, -0.2) is 14.4 Å². The Bertz CT molecular complexity index is 3590. The molecule has 506 valence electrons. The number of para-hydroxylation sites is 1. The molecule has 0 saturated carbocycles. The summed E-state index contributed by atoms with van der Waals surface area (Å²) in [4.78, 5) is 139. The number of aryl methyl sites for hydroxylation is 1. The molecule has 0 bridgehead atoms. The van der Waals surface area contributed by atoms with Crippen molar-refractivity contribution in [2.75, 3.05) is 27.3 Å². The lowest BCUT2D eigenvalue weighted by atomic mass is 9.76. The van der Waals surface area contributed by atoms with Crippen LogP contribution in [-0.4, -0.2) is 143 Å². The van der Waals surface area contributed by atoms with E-state index >= 15 is 4.79 Å². The Kier molecular flexibility index (Phi) is 24.7. The Morgan fingerprint density at radius 3 is 1.85 bits per heavy atom. The number of amides is 7. The molecule has 22 heteroatoms. The number of carbonyl (C=O) groups is 10. The molecule has 6 N–H and O–H groups in total. The van der Waals surface area contributed by atoms with Gasteiger partial charge in [-0.1, -0.05) is 146 Å². The number of ketones is 1. The SMILES string of the molecule is CCOC(=O)[C@@H](CCC(=O)OCc1ccc(CC(=O)[C@H](CC(N)=O)NC(=O)[C@H](C)NC(=O)OCC2c3ccccc3-c3ccccc32)cc1)NC(=O)/C(C)=C/[C@H](C(C)C)N(C)C(=O)[C@@H](NC(=O)[C@@H](N(C)C(=O)OC(C)(C)C)C(C)(C)c1cn(C)c2ccccc12)C(C)(C)C. The Balaban J connectivity index is 1.04. The summed E-state index contributed by atoms with van der Waals surface area (Å²) in [7, 11) is 5.00. The molecule has 0 saturated heterocycles. The Morgan fingerprint density at radius 2 is 1.28 bits per heavy atom. The number of likely N-dealkylation sites (N-methyl/N-ethyl adjacent to an activating group) is 2. The summed E-state index contributed by atoms with van der Waals surface area (Å²) in [5.41, 5.74) is 9.76. The van der Waals surface area contributed by atoms with Crippen LogP contribution in [0, 0.1) is 11.3 Å². The van der Waals surface area contributed by atoms with Crippen molar-refractivity contribution in [1.82, 2.24) is 35.6 Å². The minimum atomic E-state index is -1.31. The Labute approximate surface area is 551 Å². The summed E-state index contributed by atoms with van der Waals surface area (Å²) in [5.74, 6) is -5.79. The van der Waals surface area contributed by atoms with Gasteiger partial charge in [-0.05, 0) is 104 Å². The van der Waals surface area contributed by atoms with Crippen molar-refractivity contribution < 1.29 is 66.9 Å². The van der Waals surface area contributed by atoms with Crippen LogP contribution in [0.15, 0.2) is 115 Å². The van der Waals surface area contributed by atoms with Crippen molar-refractivity contribution in [1.29, 1.82) is 0 Å². The lowest BCUT2D eigenvalue weighted by Gasteiger charge is -2.42. The molecule has 4 aromatic carbocycles. The summed E-state index contributed by atoms with van der Waals surface area (Å²) < 4.78 is 24.1. The van der Waals surface area contributed by atoms with Crippen LogP contribution in [0.5, 0.6) is 0 Å². The van der Waals surface area contributed by atoms with Crippen molar-refractivity contribution >= 4 is 70.3 Å². The Morgan fingerprint density at radius 1 is 0.691 bits per heavy atom. The van der Waals surface area contributed by atoms with Gasteiger partial charge in [-0.15, -0.1) is 0 Å². The molecule has 0 radical (unpaired) electrons. The van der Waals surface area contributed by atoms with E-state index in [2.05, 4.69) is 21.3 Å². The fourth-order valence-electron chi connectivity index (χ4n) is 11.7. The predicted octanol–water partition coefficient (Wildman–Crippen LogP) is 8.62. The second kappa shape index (κ2) is 31.5. The summed E-state index contributed by atoms with van der Waals surface area (Å²) in [6.07, 6.45) is 0.778. The molecule has 94 heavy (non-hydrogen) atoms. The number of carbonyl (C=O) groups excluding carboxylic acids is 10. The molecule has 6 atom stereocenters. The molecule has 1 aliphatic carbocycles. The second-order valence-electron chi connectivity index (χ2n) is 27.1. The van der Waals surface area contributed by atoms with E-state index in [4.69, 9.17) is 24.7 Å². The lowest BCUT2D eigenvalue weighted by molar-refractivity contribution is -0.149. The standard InChI is InChI=1S/C72H94N8O14/c1-17-91-67(88)54(34-35-60(83)92-40-46-32-30-45(31-33-46)37-58(81)55(38-59(73)82)76-64(85)44(5)74-68(89)93-41-52-49-26-20-18-24-47(49)48-25-19-21-27-50(48)52)75-63(84)43(4)36-57(42(2)3)79(15)66(87)61(70(6,7)8)77-65(86)62(80(16)69(90)94-71(9,10)11)72(12,13)53-39-78(14)56-29-23-22-28-51(53)56/h18-33,36,39,42,44,52,54-55,57,61-62H,17,34-35,37-38,40-41H2,1-16H3,(H2,73,82)(H,74,89)(H,75,84)(H,76,85)(H,77,86)/b43-36+/t44-,54+,55-,57+,61+,62+/m0/s1. The van der Waals surface area contributed by atoms with Crippen molar-refractivity contribution in [3.63, 3.8) is 0 Å². The summed E-state index contributed by atoms with van der Waals surface area (Å²) >= 11 is 0. The first-order valence-electron chi connectivity index (χ1n) is 31.7. The summed E-state index contributed by atoms with van der Waals surface area (Å²) in [5, 5.41) is 11.7. The maximum Gasteiger partial charge on any atom is 0.410 e. The molecule has 0 fully saturated rings. The zero-order valence-corrected chi connectivity index (χ0v) is 57.1. The first-order chi connectivity index (χ1) is 44.0.